The molecule has 1 aromatic heterocycles. The summed E-state index contributed by atoms with van der Waals surface area (Å²) in [6.07, 6.45) is 6.90. The van der Waals surface area contributed by atoms with E-state index in [1.807, 2.05) is 12.4 Å². The van der Waals surface area contributed by atoms with Crippen LogP contribution in [0.2, 0.25) is 0 Å². The standard InChI is InChI=1S/C12H20N4/c1-3-16-10-12(8-14-16)7-13-6-11-4-5-15(2)9-11/h3,8,10-11,13H,1,4-7,9H2,2H3. The SMILES string of the molecule is C=Cn1cc(CNCC2CCN(C)C2)cn1. The van der Waals surface area contributed by atoms with Gasteiger partial charge in [0, 0.05) is 31.0 Å². The Labute approximate surface area is 96.9 Å². The number of nitrogens with zero attached hydrogens (tertiary/aromatic N) is 3. The third-order valence-corrected chi connectivity index (χ3v) is 3.09. The van der Waals surface area contributed by atoms with E-state index in [1.54, 1.807) is 10.9 Å². The molecule has 1 atom stereocenters. The van der Waals surface area contributed by atoms with E-state index in [0.29, 0.717) is 0 Å². The monoisotopic (exact) mass is 220 g/mol. The minimum absolute atomic E-state index is 0.805. The Hall–Kier alpha value is -1.13. The molecule has 2 heterocycles. The first-order valence-electron chi connectivity index (χ1n) is 5.83. The lowest BCUT2D eigenvalue weighted by molar-refractivity contribution is 0.388. The predicted molar refractivity (Wildman–Crippen MR) is 65.9 cm³/mol. The fourth-order valence-corrected chi connectivity index (χ4v) is 2.18. The molecule has 88 valence electrons. The second-order valence-electron chi connectivity index (χ2n) is 4.56. The number of likely N-dealkylation sites (tertiary alicyclic amines) is 1. The van der Waals surface area contributed by atoms with Gasteiger partial charge < -0.3 is 10.2 Å². The average molecular weight is 220 g/mol. The second-order valence-corrected chi connectivity index (χ2v) is 4.56. The van der Waals surface area contributed by atoms with Gasteiger partial charge in [-0.05, 0) is 32.5 Å². The van der Waals surface area contributed by atoms with Gasteiger partial charge in [0.05, 0.1) is 6.20 Å². The zero-order valence-corrected chi connectivity index (χ0v) is 9.89. The molecule has 2 rings (SSSR count). The van der Waals surface area contributed by atoms with Gasteiger partial charge in [0.2, 0.25) is 0 Å². The lowest BCUT2D eigenvalue weighted by Crippen LogP contribution is -2.24. The highest BCUT2D eigenvalue weighted by Gasteiger charge is 2.18. The molecule has 0 aromatic carbocycles. The van der Waals surface area contributed by atoms with E-state index in [0.717, 1.165) is 19.0 Å². The van der Waals surface area contributed by atoms with Crippen LogP contribution in [0.15, 0.2) is 19.0 Å². The highest BCUT2D eigenvalue weighted by Crippen LogP contribution is 2.12. The lowest BCUT2D eigenvalue weighted by atomic mass is 10.1. The normalized spacial score (nSPS) is 21.4. The molecule has 0 radical (unpaired) electrons. The zero-order valence-electron chi connectivity index (χ0n) is 9.89. The molecule has 0 amide bonds. The first kappa shape index (κ1) is 11.4. The van der Waals surface area contributed by atoms with Gasteiger partial charge in [0.1, 0.15) is 0 Å². The number of hydrogen-bond donors (Lipinski definition) is 1. The van der Waals surface area contributed by atoms with Crippen LogP contribution < -0.4 is 5.32 Å². The van der Waals surface area contributed by atoms with Crippen molar-refractivity contribution in [3.63, 3.8) is 0 Å². The second kappa shape index (κ2) is 5.27. The summed E-state index contributed by atoms with van der Waals surface area (Å²) >= 11 is 0. The molecule has 4 heteroatoms. The van der Waals surface area contributed by atoms with Gasteiger partial charge in [-0.1, -0.05) is 6.58 Å². The predicted octanol–water partition coefficient (Wildman–Crippen LogP) is 1.02. The average Bonchev–Trinajstić information content (AvgIpc) is 2.88. The van der Waals surface area contributed by atoms with Crippen molar-refractivity contribution >= 4 is 6.20 Å². The number of aromatic nitrogens is 2. The summed E-state index contributed by atoms with van der Waals surface area (Å²) in [5.41, 5.74) is 1.21. The molecule has 16 heavy (non-hydrogen) atoms. The van der Waals surface area contributed by atoms with Gasteiger partial charge in [0.25, 0.3) is 0 Å². The minimum Gasteiger partial charge on any atom is -0.312 e. The quantitative estimate of drug-likeness (QED) is 0.804. The van der Waals surface area contributed by atoms with Gasteiger partial charge in [-0.15, -0.1) is 0 Å². The number of rotatable bonds is 5. The molecular weight excluding hydrogens is 200 g/mol. The Morgan fingerprint density at radius 1 is 1.69 bits per heavy atom. The Morgan fingerprint density at radius 3 is 3.19 bits per heavy atom. The summed E-state index contributed by atoms with van der Waals surface area (Å²) < 4.78 is 1.74. The van der Waals surface area contributed by atoms with Crippen LogP contribution in [0, 0.1) is 5.92 Å². The van der Waals surface area contributed by atoms with E-state index >= 15 is 0 Å². The van der Waals surface area contributed by atoms with Gasteiger partial charge >= 0.3 is 0 Å². The Morgan fingerprint density at radius 2 is 2.56 bits per heavy atom. The fraction of sp³-hybridized carbons (Fsp3) is 0.583. The van der Waals surface area contributed by atoms with Crippen LogP contribution >= 0.6 is 0 Å². The third kappa shape index (κ3) is 2.93. The summed E-state index contributed by atoms with van der Waals surface area (Å²) in [6, 6.07) is 0. The van der Waals surface area contributed by atoms with Crippen LogP contribution in [0.4, 0.5) is 0 Å². The van der Waals surface area contributed by atoms with E-state index in [1.165, 1.54) is 25.1 Å². The van der Waals surface area contributed by atoms with Gasteiger partial charge in [-0.2, -0.15) is 5.10 Å². The topological polar surface area (TPSA) is 33.1 Å². The lowest BCUT2D eigenvalue weighted by Gasteiger charge is -2.10. The van der Waals surface area contributed by atoms with E-state index < -0.39 is 0 Å². The van der Waals surface area contributed by atoms with Crippen molar-refractivity contribution in [1.29, 1.82) is 0 Å². The van der Waals surface area contributed by atoms with Crippen molar-refractivity contribution in [2.45, 2.75) is 13.0 Å². The van der Waals surface area contributed by atoms with Gasteiger partial charge in [-0.25, -0.2) is 4.68 Å². The number of hydrogen-bond acceptors (Lipinski definition) is 3. The summed E-state index contributed by atoms with van der Waals surface area (Å²) in [7, 11) is 2.19. The van der Waals surface area contributed by atoms with Crippen LogP contribution in [0.25, 0.3) is 6.20 Å². The number of nitrogens with one attached hydrogen (secondary N) is 1. The van der Waals surface area contributed by atoms with Crippen LogP contribution in [0.1, 0.15) is 12.0 Å². The molecule has 0 bridgehead atoms. The molecule has 0 spiro atoms. The van der Waals surface area contributed by atoms with E-state index in [4.69, 9.17) is 0 Å². The summed E-state index contributed by atoms with van der Waals surface area (Å²) in [5.74, 6) is 0.805. The maximum Gasteiger partial charge on any atom is 0.0538 e. The summed E-state index contributed by atoms with van der Waals surface area (Å²) in [6.45, 7) is 8.13. The smallest absolute Gasteiger partial charge is 0.0538 e. The minimum atomic E-state index is 0.805. The molecule has 0 saturated carbocycles. The fourth-order valence-electron chi connectivity index (χ4n) is 2.18. The zero-order chi connectivity index (χ0) is 11.4. The molecular formula is C12H20N4. The van der Waals surface area contributed by atoms with Crippen LogP contribution in [0.5, 0.6) is 0 Å². The molecule has 1 N–H and O–H groups in total. The van der Waals surface area contributed by atoms with Gasteiger partial charge in [0.15, 0.2) is 0 Å². The van der Waals surface area contributed by atoms with E-state index in [9.17, 15) is 0 Å². The highest BCUT2D eigenvalue weighted by atomic mass is 15.2. The van der Waals surface area contributed by atoms with E-state index in [-0.39, 0.29) is 0 Å². The Bertz CT molecular complexity index is 345. The largest absolute Gasteiger partial charge is 0.312 e. The Kier molecular flexibility index (Phi) is 3.74. The Balaban J connectivity index is 1.69. The summed E-state index contributed by atoms with van der Waals surface area (Å²) in [5, 5.41) is 7.63. The summed E-state index contributed by atoms with van der Waals surface area (Å²) in [4.78, 5) is 2.39. The van der Waals surface area contributed by atoms with Crippen LogP contribution in [-0.4, -0.2) is 41.4 Å². The molecule has 1 aliphatic heterocycles. The van der Waals surface area contributed by atoms with Crippen molar-refractivity contribution < 1.29 is 0 Å². The molecule has 1 aromatic rings. The molecule has 1 unspecified atom stereocenters. The molecule has 4 nitrogen and oxygen atoms in total. The molecule has 1 saturated heterocycles. The van der Waals surface area contributed by atoms with Crippen LogP contribution in [-0.2, 0) is 6.54 Å². The van der Waals surface area contributed by atoms with Crippen molar-refractivity contribution in [2.75, 3.05) is 26.7 Å². The van der Waals surface area contributed by atoms with Gasteiger partial charge in [-0.3, -0.25) is 0 Å². The van der Waals surface area contributed by atoms with Crippen molar-refractivity contribution in [1.82, 2.24) is 20.0 Å². The highest BCUT2D eigenvalue weighted by molar-refractivity contribution is 5.17. The van der Waals surface area contributed by atoms with Crippen LogP contribution in [0.3, 0.4) is 0 Å². The third-order valence-electron chi connectivity index (χ3n) is 3.09. The van der Waals surface area contributed by atoms with Crippen molar-refractivity contribution in [3.8, 4) is 0 Å². The van der Waals surface area contributed by atoms with E-state index in [2.05, 4.69) is 28.9 Å². The molecule has 1 fully saturated rings. The maximum atomic E-state index is 4.15. The molecule has 1 aliphatic rings. The molecule has 0 aliphatic carbocycles. The van der Waals surface area contributed by atoms with Crippen molar-refractivity contribution in [2.24, 2.45) is 5.92 Å². The maximum absolute atomic E-state index is 4.15. The first-order valence-corrected chi connectivity index (χ1v) is 5.83. The first-order chi connectivity index (χ1) is 7.78. The van der Waals surface area contributed by atoms with Crippen molar-refractivity contribution in [3.05, 3.63) is 24.5 Å².